The summed E-state index contributed by atoms with van der Waals surface area (Å²) in [6, 6.07) is 0. The predicted molar refractivity (Wildman–Crippen MR) is 102 cm³/mol. The van der Waals surface area contributed by atoms with Gasteiger partial charge in [-0.1, -0.05) is 34.1 Å². The Labute approximate surface area is 166 Å². The predicted octanol–water partition coefficient (Wildman–Crippen LogP) is 3.35. The van der Waals surface area contributed by atoms with E-state index < -0.39 is 23.5 Å². The molecule has 4 rings (SSSR count). The van der Waals surface area contributed by atoms with Crippen LogP contribution in [0.5, 0.6) is 0 Å². The summed E-state index contributed by atoms with van der Waals surface area (Å²) in [6.45, 7) is 8.09. The van der Waals surface area contributed by atoms with Crippen LogP contribution in [-0.4, -0.2) is 38.2 Å². The van der Waals surface area contributed by atoms with Gasteiger partial charge in [-0.2, -0.15) is 0 Å². The molecule has 1 spiro atoms. The third-order valence-corrected chi connectivity index (χ3v) is 6.82. The molecule has 0 N–H and O–H groups in total. The molecule has 2 heterocycles. The Bertz CT molecular complexity index is 772. The lowest BCUT2D eigenvalue weighted by atomic mass is 9.47. The van der Waals surface area contributed by atoms with Gasteiger partial charge in [-0.15, -0.1) is 0 Å². The molecule has 2 fully saturated rings. The van der Waals surface area contributed by atoms with Crippen molar-refractivity contribution in [1.29, 1.82) is 0 Å². The van der Waals surface area contributed by atoms with Crippen molar-refractivity contribution in [2.75, 3.05) is 14.2 Å². The first kappa shape index (κ1) is 20.6. The smallest absolute Gasteiger partial charge is 0.335 e. The maximum atomic E-state index is 13.1. The van der Waals surface area contributed by atoms with Gasteiger partial charge in [0, 0.05) is 11.1 Å². The Hall–Kier alpha value is -2.11. The number of methoxy groups -OCH3 is 2. The summed E-state index contributed by atoms with van der Waals surface area (Å²) in [5.74, 6) is -1.39. The van der Waals surface area contributed by atoms with Gasteiger partial charge in [0.2, 0.25) is 0 Å². The number of hydrogen-bond donors (Lipinski definition) is 0. The number of rotatable bonds is 4. The minimum atomic E-state index is -1.01. The van der Waals surface area contributed by atoms with Gasteiger partial charge < -0.3 is 14.2 Å². The van der Waals surface area contributed by atoms with Crippen LogP contribution in [-0.2, 0) is 28.6 Å². The van der Waals surface area contributed by atoms with Crippen LogP contribution >= 0.6 is 0 Å². The van der Waals surface area contributed by atoms with E-state index in [4.69, 9.17) is 14.2 Å². The Morgan fingerprint density at radius 2 is 1.86 bits per heavy atom. The van der Waals surface area contributed by atoms with E-state index in [-0.39, 0.29) is 23.2 Å². The number of ether oxygens (including phenoxy) is 3. The molecule has 2 bridgehead atoms. The lowest BCUT2D eigenvalue weighted by Crippen LogP contribution is -2.61. The number of esters is 3. The van der Waals surface area contributed by atoms with E-state index >= 15 is 0 Å². The highest BCUT2D eigenvalue weighted by molar-refractivity contribution is 6.02. The zero-order valence-corrected chi connectivity index (χ0v) is 17.6. The second-order valence-corrected chi connectivity index (χ2v) is 9.06. The lowest BCUT2D eigenvalue weighted by Gasteiger charge is -2.58. The van der Waals surface area contributed by atoms with E-state index in [2.05, 4.69) is 13.8 Å². The number of carbonyl (C=O) groups excluding carboxylic acids is 3. The molecule has 6 nitrogen and oxygen atoms in total. The highest BCUT2D eigenvalue weighted by Gasteiger charge is 2.66. The lowest BCUT2D eigenvalue weighted by molar-refractivity contribution is -0.190. The van der Waals surface area contributed by atoms with Gasteiger partial charge in [-0.05, 0) is 42.6 Å². The van der Waals surface area contributed by atoms with E-state index in [1.807, 2.05) is 13.8 Å². The topological polar surface area (TPSA) is 78.9 Å². The summed E-state index contributed by atoms with van der Waals surface area (Å²) in [4.78, 5) is 38.3. The molecule has 0 aromatic carbocycles. The second-order valence-electron chi connectivity index (χ2n) is 9.06. The van der Waals surface area contributed by atoms with Crippen molar-refractivity contribution in [3.8, 4) is 0 Å². The molecule has 0 aromatic heterocycles. The van der Waals surface area contributed by atoms with Crippen LogP contribution in [0.15, 0.2) is 22.8 Å². The van der Waals surface area contributed by atoms with Crippen LogP contribution in [0.2, 0.25) is 0 Å². The number of hydrogen-bond acceptors (Lipinski definition) is 6. The molecule has 4 aliphatic rings. The molecule has 0 aromatic rings. The molecule has 1 saturated carbocycles. The Balaban J connectivity index is 2.28. The molecule has 0 radical (unpaired) electrons. The summed E-state index contributed by atoms with van der Waals surface area (Å²) in [6.07, 6.45) is 4.18. The number of carbonyl (C=O) groups is 3. The number of fused-ring (bicyclic) bond motifs is 1. The molecule has 2 aliphatic heterocycles. The molecule has 0 unspecified atom stereocenters. The molecular weight excluding hydrogens is 360 g/mol. The molecule has 1 saturated heterocycles. The van der Waals surface area contributed by atoms with E-state index in [0.29, 0.717) is 29.6 Å². The first-order chi connectivity index (χ1) is 13.1. The minimum absolute atomic E-state index is 0.00637. The first-order valence-corrected chi connectivity index (χ1v) is 9.94. The fraction of sp³-hybridized carbons (Fsp3) is 0.682. The summed E-state index contributed by atoms with van der Waals surface area (Å²) in [5.41, 5.74) is 0.323. The molecular formula is C22H30O6. The zero-order valence-electron chi connectivity index (χ0n) is 17.6. The van der Waals surface area contributed by atoms with Gasteiger partial charge in [0.1, 0.15) is 11.5 Å². The van der Waals surface area contributed by atoms with Crippen LogP contribution in [0.1, 0.15) is 53.4 Å². The van der Waals surface area contributed by atoms with Gasteiger partial charge in [0.25, 0.3) is 0 Å². The molecule has 3 atom stereocenters. The monoisotopic (exact) mass is 390 g/mol. The largest absolute Gasteiger partial charge is 0.466 e. The third kappa shape index (κ3) is 2.88. The SMILES string of the molecule is COC(=O)C1=C(/C=C(\C(=O)OC)C(C)C)[C@@H]2C[C@H]3C(C)(C)CCC[C@]13C(=O)O2. The minimum Gasteiger partial charge on any atom is -0.466 e. The Morgan fingerprint density at radius 3 is 2.43 bits per heavy atom. The van der Waals surface area contributed by atoms with E-state index in [1.165, 1.54) is 14.2 Å². The standard InChI is InChI=1S/C22H30O6/c1-12(2)13(18(23)26-5)10-14-15-11-16-21(3,4)8-7-9-22(16,20(25)28-15)17(14)19(24)27-6/h10,12,15-16H,7-9,11H2,1-6H3/b13-10-/t15-,16-,22+/m0/s1. The van der Waals surface area contributed by atoms with Crippen LogP contribution in [0.25, 0.3) is 0 Å². The fourth-order valence-corrected chi connectivity index (χ4v) is 5.42. The van der Waals surface area contributed by atoms with Gasteiger partial charge in [0.05, 0.1) is 19.8 Å². The highest BCUT2D eigenvalue weighted by Crippen LogP contribution is 2.63. The van der Waals surface area contributed by atoms with E-state index in [9.17, 15) is 14.4 Å². The van der Waals surface area contributed by atoms with Crippen molar-refractivity contribution in [2.45, 2.75) is 59.5 Å². The molecule has 0 amide bonds. The average Bonchev–Trinajstić information content (AvgIpc) is 2.64. The maximum Gasteiger partial charge on any atom is 0.335 e. The molecule has 2 aliphatic carbocycles. The Morgan fingerprint density at radius 1 is 1.18 bits per heavy atom. The summed E-state index contributed by atoms with van der Waals surface area (Å²) in [7, 11) is 2.66. The zero-order chi connectivity index (χ0) is 20.9. The average molecular weight is 390 g/mol. The van der Waals surface area contributed by atoms with Crippen molar-refractivity contribution in [3.63, 3.8) is 0 Å². The van der Waals surface area contributed by atoms with Crippen LogP contribution in [0.4, 0.5) is 0 Å². The molecule has 154 valence electrons. The van der Waals surface area contributed by atoms with Gasteiger partial charge >= 0.3 is 17.9 Å². The summed E-state index contributed by atoms with van der Waals surface area (Å²) in [5, 5.41) is 0. The summed E-state index contributed by atoms with van der Waals surface area (Å²) < 4.78 is 15.8. The second kappa shape index (κ2) is 7.05. The van der Waals surface area contributed by atoms with Crippen LogP contribution in [0.3, 0.4) is 0 Å². The normalized spacial score (nSPS) is 31.4. The van der Waals surface area contributed by atoms with E-state index in [1.54, 1.807) is 6.08 Å². The first-order valence-electron chi connectivity index (χ1n) is 9.94. The Kier molecular flexibility index (Phi) is 5.19. The van der Waals surface area contributed by atoms with Crippen LogP contribution in [0, 0.1) is 22.7 Å². The third-order valence-electron chi connectivity index (χ3n) is 6.82. The van der Waals surface area contributed by atoms with Crippen molar-refractivity contribution < 1.29 is 28.6 Å². The molecule has 6 heteroatoms. The van der Waals surface area contributed by atoms with Gasteiger partial charge in [-0.25, -0.2) is 9.59 Å². The summed E-state index contributed by atoms with van der Waals surface area (Å²) >= 11 is 0. The van der Waals surface area contributed by atoms with Crippen molar-refractivity contribution in [2.24, 2.45) is 22.7 Å². The molecule has 28 heavy (non-hydrogen) atoms. The van der Waals surface area contributed by atoms with Crippen molar-refractivity contribution in [1.82, 2.24) is 0 Å². The van der Waals surface area contributed by atoms with Gasteiger partial charge in [-0.3, -0.25) is 4.79 Å². The maximum absolute atomic E-state index is 13.1. The fourth-order valence-electron chi connectivity index (χ4n) is 5.42. The quantitative estimate of drug-likeness (QED) is 0.416. The van der Waals surface area contributed by atoms with Crippen molar-refractivity contribution in [3.05, 3.63) is 22.8 Å². The van der Waals surface area contributed by atoms with Gasteiger partial charge in [0.15, 0.2) is 0 Å². The van der Waals surface area contributed by atoms with Crippen LogP contribution < -0.4 is 0 Å². The highest BCUT2D eigenvalue weighted by atomic mass is 16.6. The van der Waals surface area contributed by atoms with E-state index in [0.717, 1.165) is 12.8 Å². The van der Waals surface area contributed by atoms with Crippen molar-refractivity contribution >= 4 is 17.9 Å².